The highest BCUT2D eigenvalue weighted by molar-refractivity contribution is 5.95. The van der Waals surface area contributed by atoms with E-state index in [2.05, 4.69) is 10.4 Å². The van der Waals surface area contributed by atoms with Crippen LogP contribution in [0.5, 0.6) is 0 Å². The maximum absolute atomic E-state index is 12.1. The Morgan fingerprint density at radius 3 is 2.43 bits per heavy atom. The topological polar surface area (TPSA) is 90.0 Å². The standard InChI is InChI=1S/C17H20N4O2/c1-11-14(12(2)21(3)20-11)9-10-15(22)19-16(17(18)23)13-7-5-4-6-8-13/h4-10,16H,1-3H3,(H2,18,23)(H,19,22)/b10-9+. The molecule has 1 aromatic heterocycles. The summed E-state index contributed by atoms with van der Waals surface area (Å²) in [4.78, 5) is 23.7. The minimum absolute atomic E-state index is 0.389. The molecule has 0 radical (unpaired) electrons. The predicted octanol–water partition coefficient (Wildman–Crippen LogP) is 1.39. The second kappa shape index (κ2) is 6.91. The third-order valence-electron chi connectivity index (χ3n) is 3.67. The maximum atomic E-state index is 12.1. The Morgan fingerprint density at radius 2 is 1.91 bits per heavy atom. The Labute approximate surface area is 135 Å². The van der Waals surface area contributed by atoms with Crippen molar-refractivity contribution in [3.05, 3.63) is 58.9 Å². The molecular formula is C17H20N4O2. The van der Waals surface area contributed by atoms with E-state index in [1.807, 2.05) is 27.0 Å². The lowest BCUT2D eigenvalue weighted by atomic mass is 10.1. The van der Waals surface area contributed by atoms with Crippen LogP contribution < -0.4 is 11.1 Å². The lowest BCUT2D eigenvalue weighted by molar-refractivity contribution is -0.125. The van der Waals surface area contributed by atoms with E-state index < -0.39 is 11.9 Å². The van der Waals surface area contributed by atoms with Gasteiger partial charge in [0.05, 0.1) is 5.69 Å². The van der Waals surface area contributed by atoms with Gasteiger partial charge < -0.3 is 11.1 Å². The van der Waals surface area contributed by atoms with Crippen LogP contribution in [0.1, 0.15) is 28.6 Å². The van der Waals surface area contributed by atoms with Gasteiger partial charge in [0.15, 0.2) is 0 Å². The largest absolute Gasteiger partial charge is 0.368 e. The number of carbonyl (C=O) groups excluding carboxylic acids is 2. The first-order valence-corrected chi connectivity index (χ1v) is 7.23. The maximum Gasteiger partial charge on any atom is 0.244 e. The summed E-state index contributed by atoms with van der Waals surface area (Å²) < 4.78 is 1.75. The van der Waals surface area contributed by atoms with Gasteiger partial charge in [-0.15, -0.1) is 0 Å². The second-order valence-electron chi connectivity index (χ2n) is 5.30. The molecule has 0 aliphatic heterocycles. The fourth-order valence-corrected chi connectivity index (χ4v) is 2.34. The van der Waals surface area contributed by atoms with E-state index in [-0.39, 0.29) is 5.91 Å². The molecule has 6 heteroatoms. The zero-order chi connectivity index (χ0) is 17.0. The van der Waals surface area contributed by atoms with Gasteiger partial charge in [-0.2, -0.15) is 5.10 Å². The average Bonchev–Trinajstić information content (AvgIpc) is 2.76. The summed E-state index contributed by atoms with van der Waals surface area (Å²) in [6, 6.07) is 8.04. The molecule has 0 saturated carbocycles. The first kappa shape index (κ1) is 16.5. The van der Waals surface area contributed by atoms with E-state index >= 15 is 0 Å². The number of rotatable bonds is 5. The molecule has 1 unspecified atom stereocenters. The van der Waals surface area contributed by atoms with Crippen molar-refractivity contribution in [1.82, 2.24) is 15.1 Å². The van der Waals surface area contributed by atoms with E-state index in [4.69, 9.17) is 5.73 Å². The van der Waals surface area contributed by atoms with Crippen LogP contribution in [0.2, 0.25) is 0 Å². The number of nitrogens with one attached hydrogen (secondary N) is 1. The highest BCUT2D eigenvalue weighted by Crippen LogP contribution is 2.14. The molecule has 6 nitrogen and oxygen atoms in total. The quantitative estimate of drug-likeness (QED) is 0.818. The second-order valence-corrected chi connectivity index (χ2v) is 5.30. The fourth-order valence-electron chi connectivity index (χ4n) is 2.34. The Balaban J connectivity index is 2.14. The molecule has 1 heterocycles. The number of nitrogens with two attached hydrogens (primary N) is 1. The van der Waals surface area contributed by atoms with E-state index in [9.17, 15) is 9.59 Å². The van der Waals surface area contributed by atoms with Gasteiger partial charge in [-0.1, -0.05) is 30.3 Å². The molecule has 0 aliphatic rings. The van der Waals surface area contributed by atoms with Crippen LogP contribution in [-0.2, 0) is 16.6 Å². The molecule has 0 aliphatic carbocycles. The first-order valence-electron chi connectivity index (χ1n) is 7.23. The van der Waals surface area contributed by atoms with Crippen molar-refractivity contribution in [1.29, 1.82) is 0 Å². The van der Waals surface area contributed by atoms with Crippen LogP contribution in [0.4, 0.5) is 0 Å². The van der Waals surface area contributed by atoms with E-state index in [0.29, 0.717) is 5.56 Å². The van der Waals surface area contributed by atoms with Gasteiger partial charge in [-0.05, 0) is 25.5 Å². The monoisotopic (exact) mass is 312 g/mol. The lowest BCUT2D eigenvalue weighted by Gasteiger charge is -2.14. The summed E-state index contributed by atoms with van der Waals surface area (Å²) in [6.45, 7) is 3.80. The van der Waals surface area contributed by atoms with Crippen molar-refractivity contribution >= 4 is 17.9 Å². The van der Waals surface area contributed by atoms with Crippen LogP contribution >= 0.6 is 0 Å². The normalized spacial score (nSPS) is 12.3. The van der Waals surface area contributed by atoms with E-state index in [0.717, 1.165) is 17.0 Å². The summed E-state index contributed by atoms with van der Waals surface area (Å²) in [5, 5.41) is 6.91. The van der Waals surface area contributed by atoms with Crippen LogP contribution in [0.3, 0.4) is 0 Å². The van der Waals surface area contributed by atoms with Gasteiger partial charge in [0, 0.05) is 24.4 Å². The summed E-state index contributed by atoms with van der Waals surface area (Å²) in [5.41, 5.74) is 8.72. The molecule has 1 atom stereocenters. The third-order valence-corrected chi connectivity index (χ3v) is 3.67. The van der Waals surface area contributed by atoms with E-state index in [1.54, 1.807) is 35.0 Å². The number of hydrogen-bond donors (Lipinski definition) is 2. The minimum Gasteiger partial charge on any atom is -0.368 e. The first-order chi connectivity index (χ1) is 10.9. The van der Waals surface area contributed by atoms with Gasteiger partial charge in [-0.25, -0.2) is 0 Å². The highest BCUT2D eigenvalue weighted by Gasteiger charge is 2.18. The van der Waals surface area contributed by atoms with Gasteiger partial charge in [0.25, 0.3) is 0 Å². The number of carbonyl (C=O) groups is 2. The Bertz CT molecular complexity index is 747. The molecule has 0 fully saturated rings. The Morgan fingerprint density at radius 1 is 1.26 bits per heavy atom. The molecule has 1 aromatic carbocycles. The van der Waals surface area contributed by atoms with Crippen LogP contribution in [0, 0.1) is 13.8 Å². The van der Waals surface area contributed by atoms with Crippen molar-refractivity contribution in [2.24, 2.45) is 12.8 Å². The van der Waals surface area contributed by atoms with E-state index in [1.165, 1.54) is 6.08 Å². The van der Waals surface area contributed by atoms with Gasteiger partial charge in [-0.3, -0.25) is 14.3 Å². The van der Waals surface area contributed by atoms with Crippen molar-refractivity contribution in [3.63, 3.8) is 0 Å². The van der Waals surface area contributed by atoms with Crippen molar-refractivity contribution in [2.45, 2.75) is 19.9 Å². The van der Waals surface area contributed by atoms with Crippen LogP contribution in [0.15, 0.2) is 36.4 Å². The van der Waals surface area contributed by atoms with Crippen LogP contribution in [-0.4, -0.2) is 21.6 Å². The minimum atomic E-state index is -0.857. The highest BCUT2D eigenvalue weighted by atomic mass is 16.2. The summed E-state index contributed by atoms with van der Waals surface area (Å²) in [6.07, 6.45) is 3.08. The van der Waals surface area contributed by atoms with Crippen molar-refractivity contribution in [2.75, 3.05) is 0 Å². The summed E-state index contributed by atoms with van der Waals surface area (Å²) >= 11 is 0. The number of amides is 2. The summed E-state index contributed by atoms with van der Waals surface area (Å²) in [7, 11) is 1.85. The number of aromatic nitrogens is 2. The number of aryl methyl sites for hydroxylation is 2. The smallest absolute Gasteiger partial charge is 0.244 e. The SMILES string of the molecule is Cc1nn(C)c(C)c1/C=C/C(=O)NC(C(N)=O)c1ccccc1. The molecule has 3 N–H and O–H groups in total. The Kier molecular flexibility index (Phi) is 4.95. The third kappa shape index (κ3) is 3.85. The zero-order valence-electron chi connectivity index (χ0n) is 13.4. The molecule has 0 saturated heterocycles. The van der Waals surface area contributed by atoms with Crippen molar-refractivity contribution < 1.29 is 9.59 Å². The number of hydrogen-bond acceptors (Lipinski definition) is 3. The Hall–Kier alpha value is -2.89. The lowest BCUT2D eigenvalue weighted by Crippen LogP contribution is -2.36. The molecule has 0 bridgehead atoms. The van der Waals surface area contributed by atoms with Crippen LogP contribution in [0.25, 0.3) is 6.08 Å². The number of benzene rings is 1. The van der Waals surface area contributed by atoms with Gasteiger partial charge >= 0.3 is 0 Å². The molecule has 2 amide bonds. The fraction of sp³-hybridized carbons (Fsp3) is 0.235. The molecule has 2 aromatic rings. The van der Waals surface area contributed by atoms with Gasteiger partial charge in [0.1, 0.15) is 6.04 Å². The predicted molar refractivity (Wildman–Crippen MR) is 88.2 cm³/mol. The van der Waals surface area contributed by atoms with Gasteiger partial charge in [0.2, 0.25) is 11.8 Å². The summed E-state index contributed by atoms with van der Waals surface area (Å²) in [5.74, 6) is -0.994. The number of nitrogens with zero attached hydrogens (tertiary/aromatic N) is 2. The molecule has 23 heavy (non-hydrogen) atoms. The number of primary amides is 1. The molecule has 0 spiro atoms. The zero-order valence-corrected chi connectivity index (χ0v) is 13.4. The average molecular weight is 312 g/mol. The molecule has 120 valence electrons. The molecular weight excluding hydrogens is 292 g/mol. The molecule has 2 rings (SSSR count). The van der Waals surface area contributed by atoms with Crippen molar-refractivity contribution in [3.8, 4) is 0 Å².